The number of nitrogens with one attached hydrogen (secondary N) is 1. The van der Waals surface area contributed by atoms with Crippen LogP contribution < -0.4 is 11.1 Å². The molecule has 1 heterocycles. The molecule has 0 bridgehead atoms. The van der Waals surface area contributed by atoms with Gasteiger partial charge in [0.05, 0.1) is 12.0 Å². The Balaban J connectivity index is 2.54. The van der Waals surface area contributed by atoms with Gasteiger partial charge in [0.15, 0.2) is 5.17 Å². The highest BCUT2D eigenvalue weighted by Crippen LogP contribution is 2.19. The van der Waals surface area contributed by atoms with E-state index in [1.165, 1.54) is 6.42 Å². The van der Waals surface area contributed by atoms with Crippen molar-refractivity contribution < 1.29 is 4.79 Å². The van der Waals surface area contributed by atoms with Crippen LogP contribution in [-0.4, -0.2) is 29.4 Å². The molecule has 1 atom stereocenters. The van der Waals surface area contributed by atoms with Crippen molar-refractivity contribution in [2.24, 2.45) is 16.1 Å². The van der Waals surface area contributed by atoms with Crippen molar-refractivity contribution in [2.75, 3.05) is 12.3 Å². The second-order valence-electron chi connectivity index (χ2n) is 4.76. The van der Waals surface area contributed by atoms with E-state index in [1.807, 2.05) is 13.8 Å². The SMILES string of the molecule is CCC1CCSC(=NCC(C)(C)C(N)=O)N1. The summed E-state index contributed by atoms with van der Waals surface area (Å²) in [7, 11) is 0. The Labute approximate surface area is 101 Å². The van der Waals surface area contributed by atoms with E-state index in [0.29, 0.717) is 12.6 Å². The highest BCUT2D eigenvalue weighted by molar-refractivity contribution is 8.13. The van der Waals surface area contributed by atoms with Crippen LogP contribution in [0.4, 0.5) is 0 Å². The van der Waals surface area contributed by atoms with Crippen LogP contribution in [0.25, 0.3) is 0 Å². The fourth-order valence-corrected chi connectivity index (χ4v) is 2.33. The average Bonchev–Trinajstić information content (AvgIpc) is 2.26. The lowest BCUT2D eigenvalue weighted by Crippen LogP contribution is -2.39. The van der Waals surface area contributed by atoms with Crippen molar-refractivity contribution in [1.29, 1.82) is 0 Å². The Bertz CT molecular complexity index is 289. The van der Waals surface area contributed by atoms with Crippen molar-refractivity contribution in [3.05, 3.63) is 0 Å². The monoisotopic (exact) mass is 243 g/mol. The molecule has 1 unspecified atom stereocenters. The third-order valence-electron chi connectivity index (χ3n) is 2.81. The van der Waals surface area contributed by atoms with Gasteiger partial charge in [-0.15, -0.1) is 0 Å². The summed E-state index contributed by atoms with van der Waals surface area (Å²) in [5.74, 6) is 0.797. The maximum absolute atomic E-state index is 11.1. The van der Waals surface area contributed by atoms with E-state index >= 15 is 0 Å². The molecule has 1 aliphatic heterocycles. The molecule has 92 valence electrons. The lowest BCUT2D eigenvalue weighted by molar-refractivity contribution is -0.125. The topological polar surface area (TPSA) is 67.5 Å². The van der Waals surface area contributed by atoms with Gasteiger partial charge in [0.1, 0.15) is 0 Å². The van der Waals surface area contributed by atoms with E-state index in [0.717, 1.165) is 17.3 Å². The van der Waals surface area contributed by atoms with Crippen LogP contribution in [0.5, 0.6) is 0 Å². The molecule has 0 radical (unpaired) electrons. The minimum atomic E-state index is -0.561. The number of amidine groups is 1. The number of hydrogen-bond acceptors (Lipinski definition) is 3. The molecular weight excluding hydrogens is 222 g/mol. The summed E-state index contributed by atoms with van der Waals surface area (Å²) in [5, 5.41) is 4.33. The molecule has 1 amide bonds. The highest BCUT2D eigenvalue weighted by Gasteiger charge is 2.25. The second kappa shape index (κ2) is 5.57. The second-order valence-corrected chi connectivity index (χ2v) is 5.84. The minimum absolute atomic E-state index is 0.301. The number of nitrogens with two attached hydrogens (primary N) is 1. The Morgan fingerprint density at radius 3 is 2.94 bits per heavy atom. The maximum atomic E-state index is 11.1. The van der Waals surface area contributed by atoms with Crippen LogP contribution >= 0.6 is 11.8 Å². The largest absolute Gasteiger partial charge is 0.369 e. The summed E-state index contributed by atoms with van der Waals surface area (Å²) in [4.78, 5) is 15.6. The van der Waals surface area contributed by atoms with Gasteiger partial charge in [-0.1, -0.05) is 18.7 Å². The van der Waals surface area contributed by atoms with E-state index in [9.17, 15) is 4.79 Å². The van der Waals surface area contributed by atoms with Gasteiger partial charge in [0.2, 0.25) is 5.91 Å². The number of amides is 1. The van der Waals surface area contributed by atoms with Gasteiger partial charge >= 0.3 is 0 Å². The van der Waals surface area contributed by atoms with Crippen molar-refractivity contribution in [2.45, 2.75) is 39.7 Å². The molecule has 1 saturated heterocycles. The van der Waals surface area contributed by atoms with Gasteiger partial charge in [-0.2, -0.15) is 0 Å². The molecule has 16 heavy (non-hydrogen) atoms. The van der Waals surface area contributed by atoms with Gasteiger partial charge in [0, 0.05) is 11.8 Å². The zero-order valence-corrected chi connectivity index (χ0v) is 11.1. The summed E-state index contributed by atoms with van der Waals surface area (Å²) >= 11 is 1.72. The van der Waals surface area contributed by atoms with Gasteiger partial charge in [0.25, 0.3) is 0 Å². The predicted octanol–water partition coefficient (Wildman–Crippen LogP) is 1.36. The maximum Gasteiger partial charge on any atom is 0.224 e. The molecule has 3 N–H and O–H groups in total. The number of primary amides is 1. The van der Waals surface area contributed by atoms with E-state index in [1.54, 1.807) is 11.8 Å². The van der Waals surface area contributed by atoms with Crippen LogP contribution in [0.2, 0.25) is 0 Å². The third-order valence-corrected chi connectivity index (χ3v) is 3.77. The minimum Gasteiger partial charge on any atom is -0.369 e. The van der Waals surface area contributed by atoms with Gasteiger partial charge in [-0.05, 0) is 26.7 Å². The van der Waals surface area contributed by atoms with Crippen molar-refractivity contribution in [3.63, 3.8) is 0 Å². The molecule has 1 rings (SSSR count). The molecule has 1 aliphatic rings. The van der Waals surface area contributed by atoms with E-state index < -0.39 is 5.41 Å². The fourth-order valence-electron chi connectivity index (χ4n) is 1.33. The molecule has 0 aromatic heterocycles. The summed E-state index contributed by atoms with van der Waals surface area (Å²) in [6.45, 7) is 6.26. The number of nitrogens with zero attached hydrogens (tertiary/aromatic N) is 1. The smallest absolute Gasteiger partial charge is 0.224 e. The van der Waals surface area contributed by atoms with Crippen LogP contribution in [0.15, 0.2) is 4.99 Å². The fraction of sp³-hybridized carbons (Fsp3) is 0.818. The van der Waals surface area contributed by atoms with Crippen LogP contribution in [-0.2, 0) is 4.79 Å². The normalized spacial score (nSPS) is 24.2. The van der Waals surface area contributed by atoms with Gasteiger partial charge in [-0.25, -0.2) is 0 Å². The summed E-state index contributed by atoms with van der Waals surface area (Å²) in [5.41, 5.74) is 4.74. The average molecular weight is 243 g/mol. The van der Waals surface area contributed by atoms with Gasteiger partial charge < -0.3 is 11.1 Å². The molecule has 0 aromatic carbocycles. The molecule has 0 saturated carbocycles. The van der Waals surface area contributed by atoms with Gasteiger partial charge in [-0.3, -0.25) is 9.79 Å². The first-order chi connectivity index (χ1) is 7.45. The Morgan fingerprint density at radius 2 is 2.38 bits per heavy atom. The summed E-state index contributed by atoms with van der Waals surface area (Å²) < 4.78 is 0. The number of thioether (sulfide) groups is 1. The number of rotatable bonds is 4. The predicted molar refractivity (Wildman–Crippen MR) is 69.6 cm³/mol. The van der Waals surface area contributed by atoms with E-state index in [2.05, 4.69) is 17.2 Å². The van der Waals surface area contributed by atoms with Crippen molar-refractivity contribution in [3.8, 4) is 0 Å². The zero-order valence-electron chi connectivity index (χ0n) is 10.2. The highest BCUT2D eigenvalue weighted by atomic mass is 32.2. The number of hydrogen-bond donors (Lipinski definition) is 2. The molecule has 0 spiro atoms. The van der Waals surface area contributed by atoms with Crippen molar-refractivity contribution in [1.82, 2.24) is 5.32 Å². The quantitative estimate of drug-likeness (QED) is 0.783. The number of carbonyl (C=O) groups excluding carboxylic acids is 1. The van der Waals surface area contributed by atoms with Crippen LogP contribution in [0.1, 0.15) is 33.6 Å². The Hall–Kier alpha value is -0.710. The molecule has 1 fully saturated rings. The molecular formula is C11H21N3OS. The molecule has 0 aromatic rings. The van der Waals surface area contributed by atoms with Crippen LogP contribution in [0.3, 0.4) is 0 Å². The lowest BCUT2D eigenvalue weighted by Gasteiger charge is -2.25. The zero-order chi connectivity index (χ0) is 12.2. The molecule has 4 nitrogen and oxygen atoms in total. The Kier molecular flexibility index (Phi) is 4.65. The first-order valence-corrected chi connectivity index (χ1v) is 6.68. The lowest BCUT2D eigenvalue weighted by atomic mass is 9.93. The standard InChI is InChI=1S/C11H21N3OS/c1-4-8-5-6-16-10(14-8)13-7-11(2,3)9(12)15/h8H,4-7H2,1-3H3,(H2,12,15)(H,13,14). The van der Waals surface area contributed by atoms with Crippen molar-refractivity contribution >= 4 is 22.8 Å². The Morgan fingerprint density at radius 1 is 1.69 bits per heavy atom. The molecule has 5 heteroatoms. The summed E-state index contributed by atoms with van der Waals surface area (Å²) in [6, 6.07) is 0.525. The number of carbonyl (C=O) groups is 1. The summed E-state index contributed by atoms with van der Waals surface area (Å²) in [6.07, 6.45) is 2.29. The first kappa shape index (κ1) is 13.4. The van der Waals surface area contributed by atoms with E-state index in [-0.39, 0.29) is 5.91 Å². The first-order valence-electron chi connectivity index (χ1n) is 5.69. The molecule has 0 aliphatic carbocycles. The van der Waals surface area contributed by atoms with Crippen LogP contribution in [0, 0.1) is 5.41 Å². The number of aliphatic imine (C=N–C) groups is 1. The third kappa shape index (κ3) is 3.70. The van der Waals surface area contributed by atoms with E-state index in [4.69, 9.17) is 5.73 Å².